The van der Waals surface area contributed by atoms with E-state index >= 15 is 0 Å². The summed E-state index contributed by atoms with van der Waals surface area (Å²) in [5, 5.41) is 3.84. The highest BCUT2D eigenvalue weighted by molar-refractivity contribution is 6.03. The first-order chi connectivity index (χ1) is 9.26. The minimum Gasteiger partial charge on any atom is -0.382 e. The van der Waals surface area contributed by atoms with Crippen LogP contribution in [0.3, 0.4) is 0 Å². The number of nitrogens with zero attached hydrogens (tertiary/aromatic N) is 1. The van der Waals surface area contributed by atoms with Gasteiger partial charge in [-0.1, -0.05) is 55.5 Å². The molecule has 0 aromatic heterocycles. The Kier molecular flexibility index (Phi) is 4.15. The third-order valence-corrected chi connectivity index (χ3v) is 3.06. The highest BCUT2D eigenvalue weighted by atomic mass is 15.5. The number of aryl methyl sites for hydroxylation is 1. The van der Waals surface area contributed by atoms with Gasteiger partial charge in [-0.15, -0.1) is 5.10 Å². The van der Waals surface area contributed by atoms with Crippen molar-refractivity contribution < 1.29 is 0 Å². The van der Waals surface area contributed by atoms with Crippen LogP contribution in [0, 0.1) is 0 Å². The maximum atomic E-state index is 5.91. The van der Waals surface area contributed by atoms with E-state index in [-0.39, 0.29) is 0 Å². The van der Waals surface area contributed by atoms with Crippen molar-refractivity contribution >= 4 is 5.84 Å². The first kappa shape index (κ1) is 13.1. The Hall–Kier alpha value is -2.33. The molecule has 98 valence electrons. The summed E-state index contributed by atoms with van der Waals surface area (Å²) in [5.74, 6) is 5.55. The van der Waals surface area contributed by atoms with Crippen molar-refractivity contribution in [2.75, 3.05) is 0 Å². The molecule has 4 nitrogen and oxygen atoms in total. The van der Waals surface area contributed by atoms with Crippen molar-refractivity contribution in [3.8, 4) is 11.1 Å². The minimum absolute atomic E-state index is 0.373. The van der Waals surface area contributed by atoms with Crippen LogP contribution in [0.5, 0.6) is 0 Å². The average Bonchev–Trinajstić information content (AvgIpc) is 2.47. The number of hydrogen-bond acceptors (Lipinski definition) is 3. The zero-order chi connectivity index (χ0) is 13.7. The van der Waals surface area contributed by atoms with E-state index in [0.29, 0.717) is 5.84 Å². The number of nitrogens with one attached hydrogen (secondary N) is 1. The molecule has 0 heterocycles. The van der Waals surface area contributed by atoms with Gasteiger partial charge in [-0.3, -0.25) is 0 Å². The lowest BCUT2D eigenvalue weighted by molar-refractivity contribution is 0.804. The molecule has 0 aliphatic rings. The number of nitrogens with two attached hydrogens (primary N) is 2. The number of amidine groups is 1. The molecule has 0 saturated heterocycles. The zero-order valence-electron chi connectivity index (χ0n) is 10.9. The van der Waals surface area contributed by atoms with E-state index in [4.69, 9.17) is 11.6 Å². The SMILES string of the molecule is CCc1ccc(-c2ccccc2/C(N)=N/NN)cc1. The van der Waals surface area contributed by atoms with Crippen LogP contribution in [0.25, 0.3) is 11.1 Å². The third kappa shape index (κ3) is 2.92. The van der Waals surface area contributed by atoms with Crippen LogP contribution in [0.4, 0.5) is 0 Å². The molecule has 0 unspecified atom stereocenters. The summed E-state index contributed by atoms with van der Waals surface area (Å²) in [4.78, 5) is 0. The maximum absolute atomic E-state index is 5.91. The van der Waals surface area contributed by atoms with Crippen LogP contribution in [0.2, 0.25) is 0 Å². The fraction of sp³-hybridized carbons (Fsp3) is 0.133. The molecule has 0 bridgehead atoms. The molecule has 0 aliphatic heterocycles. The average molecular weight is 254 g/mol. The van der Waals surface area contributed by atoms with Crippen LogP contribution in [-0.4, -0.2) is 5.84 Å². The smallest absolute Gasteiger partial charge is 0.152 e. The van der Waals surface area contributed by atoms with Crippen LogP contribution in [0.1, 0.15) is 18.1 Å². The van der Waals surface area contributed by atoms with Gasteiger partial charge >= 0.3 is 0 Å². The molecule has 19 heavy (non-hydrogen) atoms. The number of rotatable bonds is 4. The third-order valence-electron chi connectivity index (χ3n) is 3.06. The van der Waals surface area contributed by atoms with Gasteiger partial charge in [0, 0.05) is 5.56 Å². The molecule has 0 saturated carbocycles. The van der Waals surface area contributed by atoms with Crippen LogP contribution < -0.4 is 17.1 Å². The lowest BCUT2D eigenvalue weighted by atomic mass is 9.98. The van der Waals surface area contributed by atoms with Gasteiger partial charge in [-0.05, 0) is 23.1 Å². The second-order valence-electron chi connectivity index (χ2n) is 4.22. The molecular weight excluding hydrogens is 236 g/mol. The first-order valence-electron chi connectivity index (χ1n) is 6.23. The first-order valence-corrected chi connectivity index (χ1v) is 6.23. The van der Waals surface area contributed by atoms with E-state index < -0.39 is 0 Å². The van der Waals surface area contributed by atoms with E-state index in [1.54, 1.807) is 0 Å². The highest BCUT2D eigenvalue weighted by Crippen LogP contribution is 2.24. The summed E-state index contributed by atoms with van der Waals surface area (Å²) in [6.45, 7) is 2.14. The molecule has 0 aliphatic carbocycles. The normalized spacial score (nSPS) is 11.4. The zero-order valence-corrected chi connectivity index (χ0v) is 10.9. The Balaban J connectivity index is 2.46. The van der Waals surface area contributed by atoms with Gasteiger partial charge in [0.05, 0.1) is 0 Å². The van der Waals surface area contributed by atoms with Gasteiger partial charge in [-0.25, -0.2) is 11.4 Å². The van der Waals surface area contributed by atoms with E-state index in [1.165, 1.54) is 5.56 Å². The van der Waals surface area contributed by atoms with E-state index in [9.17, 15) is 0 Å². The van der Waals surface area contributed by atoms with Crippen LogP contribution >= 0.6 is 0 Å². The van der Waals surface area contributed by atoms with Crippen molar-refractivity contribution in [3.63, 3.8) is 0 Å². The molecule has 2 aromatic carbocycles. The number of benzene rings is 2. The van der Waals surface area contributed by atoms with Crippen LogP contribution in [-0.2, 0) is 6.42 Å². The number of hydrogen-bond donors (Lipinski definition) is 3. The fourth-order valence-electron chi connectivity index (χ4n) is 2.01. The summed E-state index contributed by atoms with van der Waals surface area (Å²) in [6.07, 6.45) is 1.03. The molecule has 0 radical (unpaired) electrons. The molecular formula is C15H18N4. The molecule has 0 fully saturated rings. The summed E-state index contributed by atoms with van der Waals surface area (Å²) in [6, 6.07) is 16.3. The van der Waals surface area contributed by atoms with E-state index in [2.05, 4.69) is 41.8 Å². The monoisotopic (exact) mass is 254 g/mol. The lowest BCUT2D eigenvalue weighted by Crippen LogP contribution is -2.23. The Labute approximate surface area is 113 Å². The van der Waals surface area contributed by atoms with Gasteiger partial charge in [0.15, 0.2) is 5.84 Å². The fourth-order valence-corrected chi connectivity index (χ4v) is 2.01. The Morgan fingerprint density at radius 1 is 1.11 bits per heavy atom. The van der Waals surface area contributed by atoms with Crippen molar-refractivity contribution in [3.05, 3.63) is 59.7 Å². The van der Waals surface area contributed by atoms with Gasteiger partial charge in [0.25, 0.3) is 0 Å². The van der Waals surface area contributed by atoms with Gasteiger partial charge in [0.1, 0.15) is 0 Å². The molecule has 0 atom stereocenters. The maximum Gasteiger partial charge on any atom is 0.152 e. The molecule has 4 heteroatoms. The minimum atomic E-state index is 0.373. The topological polar surface area (TPSA) is 76.4 Å². The van der Waals surface area contributed by atoms with E-state index in [0.717, 1.165) is 23.1 Å². The lowest BCUT2D eigenvalue weighted by Gasteiger charge is -2.09. The highest BCUT2D eigenvalue weighted by Gasteiger charge is 2.07. The van der Waals surface area contributed by atoms with E-state index in [1.807, 2.05) is 24.3 Å². The molecule has 0 amide bonds. The molecule has 5 N–H and O–H groups in total. The number of hydrazone groups is 1. The Bertz CT molecular complexity index is 573. The predicted octanol–water partition coefficient (Wildman–Crippen LogP) is 2.00. The second kappa shape index (κ2) is 6.02. The van der Waals surface area contributed by atoms with Gasteiger partial charge in [-0.2, -0.15) is 0 Å². The predicted molar refractivity (Wildman–Crippen MR) is 79.3 cm³/mol. The van der Waals surface area contributed by atoms with Crippen molar-refractivity contribution in [2.45, 2.75) is 13.3 Å². The number of hydrazine groups is 1. The van der Waals surface area contributed by atoms with Crippen molar-refractivity contribution in [1.82, 2.24) is 5.53 Å². The van der Waals surface area contributed by atoms with Gasteiger partial charge < -0.3 is 5.73 Å². The molecule has 2 aromatic rings. The second-order valence-corrected chi connectivity index (χ2v) is 4.22. The Morgan fingerprint density at radius 3 is 2.42 bits per heavy atom. The van der Waals surface area contributed by atoms with Crippen molar-refractivity contribution in [1.29, 1.82) is 0 Å². The summed E-state index contributed by atoms with van der Waals surface area (Å²) >= 11 is 0. The largest absolute Gasteiger partial charge is 0.382 e. The van der Waals surface area contributed by atoms with Crippen molar-refractivity contribution in [2.24, 2.45) is 16.7 Å². The Morgan fingerprint density at radius 2 is 1.79 bits per heavy atom. The summed E-state index contributed by atoms with van der Waals surface area (Å²) < 4.78 is 0. The van der Waals surface area contributed by atoms with Gasteiger partial charge in [0.2, 0.25) is 0 Å². The standard InChI is InChI=1S/C15H18N4/c1-2-11-7-9-12(10-8-11)13-5-3-4-6-14(13)15(16)18-19-17/h3-10,19H,2,17H2,1H3,(H2,16,18). The summed E-state index contributed by atoms with van der Waals surface area (Å²) in [7, 11) is 0. The van der Waals surface area contributed by atoms with Crippen LogP contribution in [0.15, 0.2) is 53.6 Å². The molecule has 0 spiro atoms. The summed E-state index contributed by atoms with van der Waals surface area (Å²) in [5.41, 5.74) is 12.5. The quantitative estimate of drug-likeness (QED) is 0.338. The molecule has 2 rings (SSSR count).